The predicted molar refractivity (Wildman–Crippen MR) is 125 cm³/mol. The summed E-state index contributed by atoms with van der Waals surface area (Å²) in [5, 5.41) is 2.90. The molecule has 1 aliphatic rings. The normalized spacial score (nSPS) is 13.7. The van der Waals surface area contributed by atoms with Crippen LogP contribution in [-0.4, -0.2) is 49.6 Å². The highest BCUT2D eigenvalue weighted by molar-refractivity contribution is 9.10. The van der Waals surface area contributed by atoms with E-state index in [1.54, 1.807) is 35.2 Å². The molecule has 1 N–H and O–H groups in total. The average Bonchev–Trinajstić information content (AvgIpc) is 2.80. The van der Waals surface area contributed by atoms with E-state index < -0.39 is 0 Å². The van der Waals surface area contributed by atoms with E-state index in [2.05, 4.69) is 28.2 Å². The lowest BCUT2D eigenvalue weighted by Crippen LogP contribution is -2.40. The molecule has 1 saturated heterocycles. The van der Waals surface area contributed by atoms with Gasteiger partial charge >= 0.3 is 0 Å². The van der Waals surface area contributed by atoms with E-state index in [4.69, 9.17) is 9.47 Å². The Morgan fingerprint density at radius 3 is 2.52 bits per heavy atom. The van der Waals surface area contributed by atoms with E-state index in [-0.39, 0.29) is 11.8 Å². The summed E-state index contributed by atoms with van der Waals surface area (Å²) in [6.45, 7) is 5.08. The van der Waals surface area contributed by atoms with Crippen molar-refractivity contribution in [1.82, 2.24) is 4.90 Å². The monoisotopic (exact) mass is 488 g/mol. The number of ether oxygens (including phenoxy) is 2. The molecule has 1 aliphatic heterocycles. The highest BCUT2D eigenvalue weighted by atomic mass is 79.9. The number of nitrogens with one attached hydrogen (secondary N) is 1. The van der Waals surface area contributed by atoms with E-state index in [0.717, 1.165) is 17.3 Å². The Bertz CT molecular complexity index is 880. The summed E-state index contributed by atoms with van der Waals surface area (Å²) in [5.41, 5.74) is 1.69. The summed E-state index contributed by atoms with van der Waals surface area (Å²) in [6, 6.07) is 12.4. The van der Waals surface area contributed by atoms with Crippen LogP contribution in [0.3, 0.4) is 0 Å². The van der Waals surface area contributed by atoms with Crippen molar-refractivity contribution in [3.63, 3.8) is 0 Å². The van der Waals surface area contributed by atoms with Crippen molar-refractivity contribution in [2.24, 2.45) is 0 Å². The molecule has 2 aromatic carbocycles. The minimum Gasteiger partial charge on any atom is -0.493 e. The molecular weight excluding hydrogens is 460 g/mol. The number of hydrogen-bond donors (Lipinski definition) is 1. The van der Waals surface area contributed by atoms with Crippen LogP contribution in [0.15, 0.2) is 46.9 Å². The Morgan fingerprint density at radius 2 is 1.81 bits per heavy atom. The second kappa shape index (κ2) is 11.9. The van der Waals surface area contributed by atoms with Crippen molar-refractivity contribution in [2.75, 3.05) is 38.2 Å². The first-order valence-electron chi connectivity index (χ1n) is 10.8. The minimum absolute atomic E-state index is 0.0214. The summed E-state index contributed by atoms with van der Waals surface area (Å²) in [4.78, 5) is 27.2. The molecule has 7 heteroatoms. The average molecular weight is 489 g/mol. The first-order valence-corrected chi connectivity index (χ1v) is 11.6. The van der Waals surface area contributed by atoms with Gasteiger partial charge in [-0.3, -0.25) is 9.59 Å². The number of rotatable bonds is 9. The molecule has 0 atom stereocenters. The van der Waals surface area contributed by atoms with Crippen molar-refractivity contribution in [3.8, 4) is 5.75 Å². The third-order valence-electron chi connectivity index (χ3n) is 5.13. The van der Waals surface area contributed by atoms with Crippen molar-refractivity contribution in [2.45, 2.75) is 32.6 Å². The molecule has 6 nitrogen and oxygen atoms in total. The van der Waals surface area contributed by atoms with E-state index in [1.807, 2.05) is 12.1 Å². The zero-order valence-corrected chi connectivity index (χ0v) is 19.4. The van der Waals surface area contributed by atoms with Crippen LogP contribution in [0.2, 0.25) is 0 Å². The standard InChI is InChI=1S/C24H29BrN2O4/c1-2-3-4-5-14-31-22-11-8-19(25)17-21(22)23(28)26-20-9-6-18(7-10-20)24(29)27-12-15-30-16-13-27/h6-11,17H,2-5,12-16H2,1H3,(H,26,28). The number of carbonyl (C=O) groups is 2. The number of amides is 2. The van der Waals surface area contributed by atoms with Crippen LogP contribution in [0.1, 0.15) is 53.3 Å². The first-order chi connectivity index (χ1) is 15.1. The first kappa shape index (κ1) is 23.3. The van der Waals surface area contributed by atoms with Gasteiger partial charge < -0.3 is 19.7 Å². The van der Waals surface area contributed by atoms with E-state index in [1.165, 1.54) is 12.8 Å². The lowest BCUT2D eigenvalue weighted by atomic mass is 10.1. The Labute approximate surface area is 192 Å². The lowest BCUT2D eigenvalue weighted by molar-refractivity contribution is 0.0303. The fourth-order valence-electron chi connectivity index (χ4n) is 3.36. The molecule has 0 aromatic heterocycles. The zero-order valence-electron chi connectivity index (χ0n) is 17.9. The van der Waals surface area contributed by atoms with Crippen LogP contribution in [0, 0.1) is 0 Å². The van der Waals surface area contributed by atoms with Gasteiger partial charge in [0.25, 0.3) is 11.8 Å². The molecule has 3 rings (SSSR count). The number of anilines is 1. The third kappa shape index (κ3) is 6.80. The molecule has 0 unspecified atom stereocenters. The fourth-order valence-corrected chi connectivity index (χ4v) is 3.72. The van der Waals surface area contributed by atoms with Gasteiger partial charge in [0.2, 0.25) is 0 Å². The maximum atomic E-state index is 12.9. The minimum atomic E-state index is -0.253. The fraction of sp³-hybridized carbons (Fsp3) is 0.417. The molecule has 31 heavy (non-hydrogen) atoms. The second-order valence-corrected chi connectivity index (χ2v) is 8.40. The van der Waals surface area contributed by atoms with Crippen LogP contribution in [0.4, 0.5) is 5.69 Å². The van der Waals surface area contributed by atoms with Gasteiger partial charge in [0.15, 0.2) is 0 Å². The predicted octanol–water partition coefficient (Wildman–Crippen LogP) is 5.13. The topological polar surface area (TPSA) is 67.9 Å². The van der Waals surface area contributed by atoms with Gasteiger partial charge in [0, 0.05) is 28.8 Å². The van der Waals surface area contributed by atoms with Gasteiger partial charge in [0.05, 0.1) is 25.4 Å². The number of benzene rings is 2. The molecule has 2 aromatic rings. The van der Waals surface area contributed by atoms with Gasteiger partial charge in [0.1, 0.15) is 5.75 Å². The van der Waals surface area contributed by atoms with Crippen molar-refractivity contribution < 1.29 is 19.1 Å². The lowest BCUT2D eigenvalue weighted by Gasteiger charge is -2.26. The van der Waals surface area contributed by atoms with Crippen LogP contribution in [0.5, 0.6) is 5.75 Å². The smallest absolute Gasteiger partial charge is 0.259 e. The van der Waals surface area contributed by atoms with Crippen molar-refractivity contribution in [3.05, 3.63) is 58.1 Å². The van der Waals surface area contributed by atoms with Crippen molar-refractivity contribution >= 4 is 33.4 Å². The van der Waals surface area contributed by atoms with Crippen LogP contribution >= 0.6 is 15.9 Å². The van der Waals surface area contributed by atoms with Gasteiger partial charge in [-0.1, -0.05) is 42.1 Å². The SMILES string of the molecule is CCCCCCOc1ccc(Br)cc1C(=O)Nc1ccc(C(=O)N2CCOCC2)cc1. The summed E-state index contributed by atoms with van der Waals surface area (Å²) >= 11 is 3.43. The molecule has 2 amide bonds. The number of carbonyl (C=O) groups excluding carboxylic acids is 2. The number of unbranched alkanes of at least 4 members (excludes halogenated alkanes) is 3. The Balaban J connectivity index is 1.62. The van der Waals surface area contributed by atoms with E-state index in [9.17, 15) is 9.59 Å². The molecule has 0 aliphatic carbocycles. The van der Waals surface area contributed by atoms with Crippen LogP contribution in [-0.2, 0) is 4.74 Å². The molecule has 0 spiro atoms. The van der Waals surface area contributed by atoms with Gasteiger partial charge in [-0.15, -0.1) is 0 Å². The van der Waals surface area contributed by atoms with Crippen LogP contribution in [0.25, 0.3) is 0 Å². The van der Waals surface area contributed by atoms with Crippen molar-refractivity contribution in [1.29, 1.82) is 0 Å². The zero-order chi connectivity index (χ0) is 22.1. The number of hydrogen-bond acceptors (Lipinski definition) is 4. The Hall–Kier alpha value is -2.38. The molecular formula is C24H29BrN2O4. The molecule has 0 bridgehead atoms. The molecule has 1 heterocycles. The summed E-state index contributed by atoms with van der Waals surface area (Å²) < 4.78 is 12.0. The quantitative estimate of drug-likeness (QED) is 0.496. The van der Waals surface area contributed by atoms with E-state index >= 15 is 0 Å². The van der Waals surface area contributed by atoms with Crippen LogP contribution < -0.4 is 10.1 Å². The van der Waals surface area contributed by atoms with Gasteiger partial charge in [-0.05, 0) is 48.9 Å². The third-order valence-corrected chi connectivity index (χ3v) is 5.62. The molecule has 1 fully saturated rings. The Kier molecular flexibility index (Phi) is 8.91. The largest absolute Gasteiger partial charge is 0.493 e. The summed E-state index contributed by atoms with van der Waals surface area (Å²) in [6.07, 6.45) is 4.43. The van der Waals surface area contributed by atoms with Gasteiger partial charge in [-0.25, -0.2) is 0 Å². The number of nitrogens with zero attached hydrogens (tertiary/aromatic N) is 1. The highest BCUT2D eigenvalue weighted by Crippen LogP contribution is 2.25. The summed E-state index contributed by atoms with van der Waals surface area (Å²) in [7, 11) is 0. The summed E-state index contributed by atoms with van der Waals surface area (Å²) in [5.74, 6) is 0.292. The Morgan fingerprint density at radius 1 is 1.06 bits per heavy atom. The maximum Gasteiger partial charge on any atom is 0.259 e. The molecule has 166 valence electrons. The number of halogens is 1. The van der Waals surface area contributed by atoms with E-state index in [0.29, 0.717) is 55.5 Å². The maximum absolute atomic E-state index is 12.9. The second-order valence-electron chi connectivity index (χ2n) is 7.49. The van der Waals surface area contributed by atoms with Gasteiger partial charge in [-0.2, -0.15) is 0 Å². The highest BCUT2D eigenvalue weighted by Gasteiger charge is 2.19. The molecule has 0 radical (unpaired) electrons. The number of morpholine rings is 1. The molecule has 0 saturated carbocycles.